The van der Waals surface area contributed by atoms with Crippen LogP contribution in [0.4, 0.5) is 0 Å². The van der Waals surface area contributed by atoms with Crippen LogP contribution >= 0.6 is 0 Å². The van der Waals surface area contributed by atoms with E-state index in [1.807, 2.05) is 18.2 Å². The van der Waals surface area contributed by atoms with E-state index < -0.39 is 0 Å². The van der Waals surface area contributed by atoms with Crippen molar-refractivity contribution in [2.75, 3.05) is 6.54 Å². The second-order valence-corrected chi connectivity index (χ2v) is 3.49. The predicted octanol–water partition coefficient (Wildman–Crippen LogP) is 2.68. The summed E-state index contributed by atoms with van der Waals surface area (Å²) in [5, 5.41) is 0. The van der Waals surface area contributed by atoms with E-state index in [1.54, 1.807) is 0 Å². The molecular formula is C12H17N. The minimum atomic E-state index is 0.533. The largest absolute Gasteiger partial charge is 0.327 e. The van der Waals surface area contributed by atoms with Gasteiger partial charge in [-0.15, -0.1) is 0 Å². The van der Waals surface area contributed by atoms with Gasteiger partial charge in [0, 0.05) is 6.54 Å². The molecule has 0 unspecified atom stereocenters. The van der Waals surface area contributed by atoms with Crippen LogP contribution in [0, 0.1) is 5.92 Å². The Balaban J connectivity index is 2.85. The Morgan fingerprint density at radius 1 is 1.31 bits per heavy atom. The molecule has 0 saturated heterocycles. The maximum absolute atomic E-state index is 5.65. The average molecular weight is 175 g/mol. The first-order valence-electron chi connectivity index (χ1n) is 4.69. The Bertz CT molecular complexity index is 272. The molecule has 1 rings (SSSR count). The molecule has 70 valence electrons. The van der Waals surface area contributed by atoms with E-state index >= 15 is 0 Å². The normalized spacial score (nSPS) is 12.2. The zero-order valence-electron chi connectivity index (χ0n) is 8.33. The van der Waals surface area contributed by atoms with Crippen molar-refractivity contribution in [1.29, 1.82) is 0 Å². The van der Waals surface area contributed by atoms with Gasteiger partial charge in [-0.1, -0.05) is 55.8 Å². The lowest BCUT2D eigenvalue weighted by atomic mass is 10.0. The SMILES string of the molecule is CC(C)C(=Cc1ccccc1)CN. The molecule has 1 nitrogen and oxygen atoms in total. The van der Waals surface area contributed by atoms with Gasteiger partial charge in [0.15, 0.2) is 0 Å². The van der Waals surface area contributed by atoms with E-state index in [9.17, 15) is 0 Å². The second kappa shape index (κ2) is 4.83. The van der Waals surface area contributed by atoms with E-state index in [2.05, 4.69) is 32.1 Å². The van der Waals surface area contributed by atoms with Gasteiger partial charge in [0.1, 0.15) is 0 Å². The Hall–Kier alpha value is -1.08. The molecule has 0 atom stereocenters. The Labute approximate surface area is 80.3 Å². The van der Waals surface area contributed by atoms with E-state index in [1.165, 1.54) is 11.1 Å². The summed E-state index contributed by atoms with van der Waals surface area (Å²) in [5.41, 5.74) is 8.18. The highest BCUT2D eigenvalue weighted by molar-refractivity contribution is 5.53. The van der Waals surface area contributed by atoms with Crippen LogP contribution in [0.3, 0.4) is 0 Å². The van der Waals surface area contributed by atoms with Crippen LogP contribution in [0.25, 0.3) is 6.08 Å². The lowest BCUT2D eigenvalue weighted by Crippen LogP contribution is -2.07. The summed E-state index contributed by atoms with van der Waals surface area (Å²) in [6.07, 6.45) is 2.17. The highest BCUT2D eigenvalue weighted by Crippen LogP contribution is 2.12. The van der Waals surface area contributed by atoms with Crippen LogP contribution in [-0.4, -0.2) is 6.54 Å². The van der Waals surface area contributed by atoms with Gasteiger partial charge < -0.3 is 5.73 Å². The standard InChI is InChI=1S/C12H17N/c1-10(2)12(9-13)8-11-6-4-3-5-7-11/h3-8,10H,9,13H2,1-2H3. The third-order valence-electron chi connectivity index (χ3n) is 2.13. The zero-order valence-corrected chi connectivity index (χ0v) is 8.33. The molecule has 2 N–H and O–H groups in total. The summed E-state index contributed by atoms with van der Waals surface area (Å²) in [6.45, 7) is 4.98. The van der Waals surface area contributed by atoms with Gasteiger partial charge in [-0.05, 0) is 11.5 Å². The van der Waals surface area contributed by atoms with Crippen LogP contribution in [0.5, 0.6) is 0 Å². The van der Waals surface area contributed by atoms with Crippen molar-refractivity contribution >= 4 is 6.08 Å². The lowest BCUT2D eigenvalue weighted by Gasteiger charge is -2.08. The van der Waals surface area contributed by atoms with Gasteiger partial charge in [0.05, 0.1) is 0 Å². The maximum atomic E-state index is 5.65. The van der Waals surface area contributed by atoms with Gasteiger partial charge in [0.2, 0.25) is 0 Å². The third kappa shape index (κ3) is 3.03. The average Bonchev–Trinajstić information content (AvgIpc) is 2.15. The molecule has 0 amide bonds. The topological polar surface area (TPSA) is 26.0 Å². The highest BCUT2D eigenvalue weighted by Gasteiger charge is 1.99. The van der Waals surface area contributed by atoms with Crippen LogP contribution in [0.1, 0.15) is 19.4 Å². The fourth-order valence-electron chi connectivity index (χ4n) is 1.22. The fraction of sp³-hybridized carbons (Fsp3) is 0.333. The molecule has 0 aliphatic heterocycles. The van der Waals surface area contributed by atoms with Crippen molar-refractivity contribution in [3.8, 4) is 0 Å². The van der Waals surface area contributed by atoms with Crippen molar-refractivity contribution in [3.63, 3.8) is 0 Å². The molecule has 0 radical (unpaired) electrons. The predicted molar refractivity (Wildman–Crippen MR) is 58.3 cm³/mol. The summed E-state index contributed by atoms with van der Waals surface area (Å²) in [5.74, 6) is 0.533. The Kier molecular flexibility index (Phi) is 3.71. The van der Waals surface area contributed by atoms with E-state index in [0.717, 1.165) is 0 Å². The molecule has 0 fully saturated rings. The molecule has 0 aromatic heterocycles. The van der Waals surface area contributed by atoms with Gasteiger partial charge >= 0.3 is 0 Å². The molecule has 0 aliphatic rings. The minimum absolute atomic E-state index is 0.533. The molecule has 1 aromatic rings. The first-order chi connectivity index (χ1) is 6.24. The van der Waals surface area contributed by atoms with Crippen molar-refractivity contribution < 1.29 is 0 Å². The zero-order chi connectivity index (χ0) is 9.68. The molecule has 0 spiro atoms. The van der Waals surface area contributed by atoms with Gasteiger partial charge in [-0.2, -0.15) is 0 Å². The van der Waals surface area contributed by atoms with Crippen molar-refractivity contribution in [3.05, 3.63) is 41.5 Å². The highest BCUT2D eigenvalue weighted by atomic mass is 14.5. The summed E-state index contributed by atoms with van der Waals surface area (Å²) in [6, 6.07) is 10.3. The Morgan fingerprint density at radius 3 is 2.38 bits per heavy atom. The number of hydrogen-bond donors (Lipinski definition) is 1. The summed E-state index contributed by atoms with van der Waals surface area (Å²) in [7, 11) is 0. The fourth-order valence-corrected chi connectivity index (χ4v) is 1.22. The minimum Gasteiger partial charge on any atom is -0.327 e. The molecule has 1 aromatic carbocycles. The van der Waals surface area contributed by atoms with Gasteiger partial charge in [0.25, 0.3) is 0 Å². The monoisotopic (exact) mass is 175 g/mol. The van der Waals surface area contributed by atoms with E-state index in [4.69, 9.17) is 5.73 Å². The molecule has 0 heterocycles. The number of nitrogens with two attached hydrogens (primary N) is 1. The van der Waals surface area contributed by atoms with Crippen LogP contribution < -0.4 is 5.73 Å². The summed E-state index contributed by atoms with van der Waals surface area (Å²) in [4.78, 5) is 0. The van der Waals surface area contributed by atoms with Crippen LogP contribution in [0.15, 0.2) is 35.9 Å². The summed E-state index contributed by atoms with van der Waals surface area (Å²) >= 11 is 0. The smallest absolute Gasteiger partial charge is 0.0142 e. The van der Waals surface area contributed by atoms with E-state index in [0.29, 0.717) is 12.5 Å². The first-order valence-corrected chi connectivity index (χ1v) is 4.69. The van der Waals surface area contributed by atoms with E-state index in [-0.39, 0.29) is 0 Å². The van der Waals surface area contributed by atoms with Gasteiger partial charge in [-0.3, -0.25) is 0 Å². The van der Waals surface area contributed by atoms with Crippen LogP contribution in [-0.2, 0) is 0 Å². The van der Waals surface area contributed by atoms with Crippen LogP contribution in [0.2, 0.25) is 0 Å². The quantitative estimate of drug-likeness (QED) is 0.751. The molecule has 0 saturated carbocycles. The maximum Gasteiger partial charge on any atom is 0.0142 e. The molecule has 1 heteroatoms. The summed E-state index contributed by atoms with van der Waals surface area (Å²) < 4.78 is 0. The second-order valence-electron chi connectivity index (χ2n) is 3.49. The van der Waals surface area contributed by atoms with Crippen molar-refractivity contribution in [2.45, 2.75) is 13.8 Å². The number of hydrogen-bond acceptors (Lipinski definition) is 1. The van der Waals surface area contributed by atoms with Crippen molar-refractivity contribution in [2.24, 2.45) is 11.7 Å². The number of rotatable bonds is 3. The van der Waals surface area contributed by atoms with Gasteiger partial charge in [-0.25, -0.2) is 0 Å². The molecular weight excluding hydrogens is 158 g/mol. The molecule has 0 aliphatic carbocycles. The third-order valence-corrected chi connectivity index (χ3v) is 2.13. The first kappa shape index (κ1) is 10.0. The lowest BCUT2D eigenvalue weighted by molar-refractivity contribution is 0.753. The Morgan fingerprint density at radius 2 is 1.92 bits per heavy atom. The molecule has 0 bridgehead atoms. The molecule has 13 heavy (non-hydrogen) atoms. The van der Waals surface area contributed by atoms with Crippen molar-refractivity contribution in [1.82, 2.24) is 0 Å². The number of benzene rings is 1.